The number of nitrogens with zero attached hydrogens (tertiary/aromatic N) is 1. The van der Waals surface area contributed by atoms with E-state index in [9.17, 15) is 9.59 Å². The second-order valence-corrected chi connectivity index (χ2v) is 5.01. The molecule has 0 atom stereocenters. The third kappa shape index (κ3) is 7.01. The lowest BCUT2D eigenvalue weighted by Crippen LogP contribution is -2.19. The predicted octanol–water partition coefficient (Wildman–Crippen LogP) is 1.96. The molecule has 0 saturated heterocycles. The summed E-state index contributed by atoms with van der Waals surface area (Å²) in [5.41, 5.74) is 4.84. The number of rotatable bonds is 7. The number of carbonyl (C=O) groups excluding carboxylic acids is 2. The van der Waals surface area contributed by atoms with E-state index in [0.29, 0.717) is 12.8 Å². The van der Waals surface area contributed by atoms with Gasteiger partial charge in [0.15, 0.2) is 0 Å². The molecule has 0 aliphatic rings. The fourth-order valence-electron chi connectivity index (χ4n) is 1.45. The zero-order valence-electron chi connectivity index (χ0n) is 10.8. The molecular weight excluding hydrogens is 326 g/mol. The van der Waals surface area contributed by atoms with Gasteiger partial charge in [-0.2, -0.15) is 5.10 Å². The molecule has 7 heteroatoms. The first-order valence-corrected chi connectivity index (χ1v) is 6.91. The number of nitrogens with one attached hydrogen (secondary N) is 2. The third-order valence-corrected chi connectivity index (χ3v) is 2.93. The van der Waals surface area contributed by atoms with Crippen LogP contribution in [0.25, 0.3) is 0 Å². The van der Waals surface area contributed by atoms with Crippen molar-refractivity contribution in [1.29, 1.82) is 0 Å². The van der Waals surface area contributed by atoms with Gasteiger partial charge in [0.25, 0.3) is 0 Å². The van der Waals surface area contributed by atoms with Crippen LogP contribution in [0.4, 0.5) is 0 Å². The highest BCUT2D eigenvalue weighted by molar-refractivity contribution is 9.10. The lowest BCUT2D eigenvalue weighted by Gasteiger charge is -2.00. The van der Waals surface area contributed by atoms with E-state index in [0.717, 1.165) is 10.0 Å². The van der Waals surface area contributed by atoms with Gasteiger partial charge < -0.3 is 0 Å². The van der Waals surface area contributed by atoms with Crippen molar-refractivity contribution >= 4 is 34.0 Å². The lowest BCUT2D eigenvalue weighted by molar-refractivity contribution is -0.129. The molecule has 20 heavy (non-hydrogen) atoms. The molecule has 0 radical (unpaired) electrons. The molecule has 0 spiro atoms. The van der Waals surface area contributed by atoms with Gasteiger partial charge in [0, 0.05) is 17.3 Å². The van der Waals surface area contributed by atoms with Crippen LogP contribution in [0.5, 0.6) is 0 Å². The van der Waals surface area contributed by atoms with Gasteiger partial charge in [-0.15, -0.1) is 0 Å². The van der Waals surface area contributed by atoms with Crippen molar-refractivity contribution in [2.75, 3.05) is 0 Å². The lowest BCUT2D eigenvalue weighted by atomic mass is 10.2. The fourth-order valence-corrected chi connectivity index (χ4v) is 1.87. The largest absolute Gasteiger partial charge is 0.289 e. The molecule has 0 aromatic heterocycles. The molecule has 1 aromatic rings. The Kier molecular flexibility index (Phi) is 7.52. The number of carbonyl (C=O) groups is 2. The summed E-state index contributed by atoms with van der Waals surface area (Å²) < 4.78 is 0.940. The van der Waals surface area contributed by atoms with Gasteiger partial charge >= 0.3 is 0 Å². The first-order chi connectivity index (χ1) is 9.61. The Hall–Kier alpha value is -1.73. The quantitative estimate of drug-likeness (QED) is 0.306. The van der Waals surface area contributed by atoms with Crippen molar-refractivity contribution in [3.63, 3.8) is 0 Å². The maximum absolute atomic E-state index is 11.4. The van der Waals surface area contributed by atoms with Crippen molar-refractivity contribution < 1.29 is 14.8 Å². The summed E-state index contributed by atoms with van der Waals surface area (Å²) in [6.07, 6.45) is 3.14. The molecule has 3 N–H and O–H groups in total. The van der Waals surface area contributed by atoms with Gasteiger partial charge in [-0.1, -0.05) is 28.1 Å². The number of hydrogen-bond donors (Lipinski definition) is 3. The summed E-state index contributed by atoms with van der Waals surface area (Å²) in [6, 6.07) is 7.52. The predicted molar refractivity (Wildman–Crippen MR) is 78.3 cm³/mol. The Morgan fingerprint density at radius 2 is 1.95 bits per heavy atom. The van der Waals surface area contributed by atoms with Gasteiger partial charge in [0.2, 0.25) is 11.8 Å². The minimum absolute atomic E-state index is 0.199. The van der Waals surface area contributed by atoms with E-state index in [-0.39, 0.29) is 18.7 Å². The van der Waals surface area contributed by atoms with Gasteiger partial charge in [0.05, 0.1) is 6.21 Å². The maximum atomic E-state index is 11.4. The molecule has 108 valence electrons. The van der Waals surface area contributed by atoms with E-state index in [1.807, 2.05) is 24.3 Å². The molecule has 6 nitrogen and oxygen atoms in total. The van der Waals surface area contributed by atoms with Crippen LogP contribution in [0, 0.1) is 0 Å². The minimum atomic E-state index is -0.446. The van der Waals surface area contributed by atoms with E-state index in [4.69, 9.17) is 5.21 Å². The summed E-state index contributed by atoms with van der Waals surface area (Å²) in [7, 11) is 0. The normalized spacial score (nSPS) is 10.5. The van der Waals surface area contributed by atoms with Gasteiger partial charge in [-0.05, 0) is 30.5 Å². The van der Waals surface area contributed by atoms with Crippen LogP contribution in [0.15, 0.2) is 33.8 Å². The molecule has 0 bridgehead atoms. The second-order valence-electron chi connectivity index (χ2n) is 4.09. The SMILES string of the molecule is O=C(CCCCC(=O)N/N=C/c1cccc(Br)c1)NO. The fraction of sp³-hybridized carbons (Fsp3) is 0.308. The van der Waals surface area contributed by atoms with E-state index in [1.165, 1.54) is 0 Å². The highest BCUT2D eigenvalue weighted by atomic mass is 79.9. The van der Waals surface area contributed by atoms with Crippen LogP contribution < -0.4 is 10.9 Å². The molecule has 0 fully saturated rings. The summed E-state index contributed by atoms with van der Waals surface area (Å²) in [6.45, 7) is 0. The number of amides is 2. The van der Waals surface area contributed by atoms with Gasteiger partial charge in [-0.25, -0.2) is 10.9 Å². The van der Waals surface area contributed by atoms with Crippen LogP contribution in [0.1, 0.15) is 31.2 Å². The van der Waals surface area contributed by atoms with Gasteiger partial charge in [0.1, 0.15) is 0 Å². The first kappa shape index (κ1) is 16.3. The smallest absolute Gasteiger partial charge is 0.243 e. The van der Waals surface area contributed by atoms with Crippen LogP contribution in [0.2, 0.25) is 0 Å². The average molecular weight is 342 g/mol. The summed E-state index contributed by atoms with van der Waals surface area (Å²) in [5, 5.41) is 12.1. The number of benzene rings is 1. The zero-order valence-corrected chi connectivity index (χ0v) is 12.4. The molecule has 0 aliphatic heterocycles. The summed E-state index contributed by atoms with van der Waals surface area (Å²) in [4.78, 5) is 22.2. The van der Waals surface area contributed by atoms with E-state index < -0.39 is 5.91 Å². The summed E-state index contributed by atoms with van der Waals surface area (Å²) in [5.74, 6) is -0.654. The number of hydrogen-bond acceptors (Lipinski definition) is 4. The molecule has 0 unspecified atom stereocenters. The molecule has 1 rings (SSSR count). The molecule has 1 aromatic carbocycles. The molecule has 0 heterocycles. The number of hydrazone groups is 1. The van der Waals surface area contributed by atoms with Crippen molar-refractivity contribution in [2.24, 2.45) is 5.10 Å². The monoisotopic (exact) mass is 341 g/mol. The van der Waals surface area contributed by atoms with Crippen molar-refractivity contribution in [3.05, 3.63) is 34.3 Å². The summed E-state index contributed by atoms with van der Waals surface area (Å²) >= 11 is 3.34. The van der Waals surface area contributed by atoms with Gasteiger partial charge in [-0.3, -0.25) is 14.8 Å². The molecule has 0 saturated carbocycles. The van der Waals surface area contributed by atoms with E-state index >= 15 is 0 Å². The Labute approximate surface area is 125 Å². The Morgan fingerprint density at radius 3 is 2.60 bits per heavy atom. The van der Waals surface area contributed by atoms with Crippen molar-refractivity contribution in [2.45, 2.75) is 25.7 Å². The average Bonchev–Trinajstić information content (AvgIpc) is 2.43. The third-order valence-electron chi connectivity index (χ3n) is 2.43. The van der Waals surface area contributed by atoms with Crippen LogP contribution >= 0.6 is 15.9 Å². The number of unbranched alkanes of at least 4 members (excludes halogenated alkanes) is 1. The number of halogens is 1. The topological polar surface area (TPSA) is 90.8 Å². The maximum Gasteiger partial charge on any atom is 0.243 e. The Bertz CT molecular complexity index is 492. The van der Waals surface area contributed by atoms with Crippen LogP contribution in [-0.2, 0) is 9.59 Å². The zero-order chi connectivity index (χ0) is 14.8. The van der Waals surface area contributed by atoms with Crippen molar-refractivity contribution in [3.8, 4) is 0 Å². The van der Waals surface area contributed by atoms with E-state index in [1.54, 1.807) is 11.7 Å². The molecular formula is C13H16BrN3O3. The number of hydroxylamine groups is 1. The first-order valence-electron chi connectivity index (χ1n) is 6.12. The minimum Gasteiger partial charge on any atom is -0.289 e. The Balaban J connectivity index is 2.21. The van der Waals surface area contributed by atoms with Crippen LogP contribution in [0.3, 0.4) is 0 Å². The van der Waals surface area contributed by atoms with E-state index in [2.05, 4.69) is 26.5 Å². The Morgan fingerprint density at radius 1 is 1.25 bits per heavy atom. The highest BCUT2D eigenvalue weighted by Gasteiger charge is 2.02. The standard InChI is InChI=1S/C13H16BrN3O3/c14-11-5-3-4-10(8-11)9-15-16-12(18)6-1-2-7-13(19)17-20/h3-5,8-9,20H,1-2,6-7H2,(H,16,18)(H,17,19)/b15-9+. The van der Waals surface area contributed by atoms with Crippen molar-refractivity contribution in [1.82, 2.24) is 10.9 Å². The van der Waals surface area contributed by atoms with Crippen LogP contribution in [-0.4, -0.2) is 23.2 Å². The second kappa shape index (κ2) is 9.22. The molecule has 0 aliphatic carbocycles. The molecule has 2 amide bonds. The highest BCUT2D eigenvalue weighted by Crippen LogP contribution is 2.09.